The van der Waals surface area contributed by atoms with E-state index in [4.69, 9.17) is 4.98 Å². The Hall–Kier alpha value is -6.30. The first-order valence-electron chi connectivity index (χ1n) is 16.3. The molecule has 5 aromatic carbocycles. The highest BCUT2D eigenvalue weighted by atomic mass is 14.7. The van der Waals surface area contributed by atoms with Gasteiger partial charge in [-0.05, 0) is 74.9 Å². The number of allylic oxidation sites excluding steroid dienone is 8. The third kappa shape index (κ3) is 5.75. The predicted octanol–water partition coefficient (Wildman–Crippen LogP) is 11.5. The van der Waals surface area contributed by atoms with Crippen LogP contribution in [0.25, 0.3) is 50.3 Å². The predicted molar refractivity (Wildman–Crippen MR) is 198 cm³/mol. The van der Waals surface area contributed by atoms with E-state index in [-0.39, 0.29) is 11.8 Å². The maximum absolute atomic E-state index is 9.34. The fraction of sp³-hybridized carbons (Fsp3) is 0.0435. The van der Waals surface area contributed by atoms with E-state index < -0.39 is 0 Å². The lowest BCUT2D eigenvalue weighted by atomic mass is 9.73. The van der Waals surface area contributed by atoms with Crippen molar-refractivity contribution in [1.29, 1.82) is 5.26 Å². The van der Waals surface area contributed by atoms with Crippen molar-refractivity contribution in [2.45, 2.75) is 5.92 Å². The van der Waals surface area contributed by atoms with Gasteiger partial charge >= 0.3 is 0 Å². The van der Waals surface area contributed by atoms with Gasteiger partial charge in [-0.15, -0.1) is 0 Å². The van der Waals surface area contributed by atoms with Gasteiger partial charge < -0.3 is 0 Å². The van der Waals surface area contributed by atoms with E-state index in [1.54, 1.807) is 0 Å². The van der Waals surface area contributed by atoms with Crippen molar-refractivity contribution in [3.05, 3.63) is 204 Å². The molecule has 1 heterocycles. The van der Waals surface area contributed by atoms with E-state index in [0.29, 0.717) is 5.56 Å². The smallest absolute Gasteiger partial charge is 0.0991 e. The number of rotatable bonds is 6. The van der Waals surface area contributed by atoms with Crippen LogP contribution < -0.4 is 0 Å². The van der Waals surface area contributed by atoms with Crippen LogP contribution >= 0.6 is 0 Å². The number of hydrogen-bond acceptors (Lipinski definition) is 2. The largest absolute Gasteiger partial charge is 0.248 e. The summed E-state index contributed by atoms with van der Waals surface area (Å²) in [6.45, 7) is 0. The average molecular weight is 613 g/mol. The van der Waals surface area contributed by atoms with Crippen LogP contribution in [0.2, 0.25) is 0 Å². The summed E-state index contributed by atoms with van der Waals surface area (Å²) in [6.07, 6.45) is 13.6. The second kappa shape index (κ2) is 12.8. The Bertz CT molecular complexity index is 2220. The van der Waals surface area contributed by atoms with Crippen molar-refractivity contribution in [1.82, 2.24) is 4.98 Å². The first kappa shape index (κ1) is 29.1. The van der Waals surface area contributed by atoms with Crippen LogP contribution in [0, 0.1) is 17.2 Å². The zero-order chi connectivity index (χ0) is 32.3. The monoisotopic (exact) mass is 612 g/mol. The van der Waals surface area contributed by atoms with E-state index >= 15 is 0 Å². The molecule has 48 heavy (non-hydrogen) atoms. The molecule has 1 aromatic heterocycles. The summed E-state index contributed by atoms with van der Waals surface area (Å²) < 4.78 is 0. The summed E-state index contributed by atoms with van der Waals surface area (Å²) in [6, 6.07) is 53.0. The van der Waals surface area contributed by atoms with Crippen LogP contribution in [0.5, 0.6) is 0 Å². The molecule has 2 aliphatic carbocycles. The molecule has 6 aromatic rings. The van der Waals surface area contributed by atoms with Crippen LogP contribution in [0.1, 0.15) is 22.6 Å². The number of pyridine rings is 1. The van der Waals surface area contributed by atoms with Gasteiger partial charge in [0.05, 0.1) is 23.0 Å². The van der Waals surface area contributed by atoms with E-state index in [1.807, 2.05) is 24.3 Å². The lowest BCUT2D eigenvalue weighted by molar-refractivity contribution is 0.673. The summed E-state index contributed by atoms with van der Waals surface area (Å²) in [5, 5.41) is 9.34. The van der Waals surface area contributed by atoms with Crippen molar-refractivity contribution < 1.29 is 0 Å². The van der Waals surface area contributed by atoms with Gasteiger partial charge in [-0.25, -0.2) is 4.98 Å². The van der Waals surface area contributed by atoms with Crippen molar-refractivity contribution in [2.24, 2.45) is 5.92 Å². The zero-order valence-corrected chi connectivity index (χ0v) is 26.4. The van der Waals surface area contributed by atoms with Gasteiger partial charge in [0, 0.05) is 23.0 Å². The van der Waals surface area contributed by atoms with E-state index in [2.05, 4.69) is 164 Å². The molecule has 8 rings (SSSR count). The van der Waals surface area contributed by atoms with Gasteiger partial charge in [-0.2, -0.15) is 5.26 Å². The molecule has 2 heteroatoms. The SMILES string of the molecule is N#Cc1cccc(-c2ccc(C3C=CC(c4cccc(-c5cc(-c6ccccc6)cc(-c6ccccc6)n5)c4)=C4C=CC=CC43)cc2)c1. The van der Waals surface area contributed by atoms with Gasteiger partial charge in [-0.3, -0.25) is 0 Å². The van der Waals surface area contributed by atoms with Gasteiger partial charge in [0.2, 0.25) is 0 Å². The lowest BCUT2D eigenvalue weighted by Gasteiger charge is -2.31. The van der Waals surface area contributed by atoms with Crippen LogP contribution in [-0.2, 0) is 0 Å². The Kier molecular flexibility index (Phi) is 7.79. The Morgan fingerprint density at radius 3 is 1.88 bits per heavy atom. The van der Waals surface area contributed by atoms with E-state index in [9.17, 15) is 5.26 Å². The molecule has 2 nitrogen and oxygen atoms in total. The molecule has 2 aliphatic rings. The molecule has 0 radical (unpaired) electrons. The third-order valence-electron chi connectivity index (χ3n) is 9.32. The molecule has 0 saturated heterocycles. The molecule has 2 atom stereocenters. The lowest BCUT2D eigenvalue weighted by Crippen LogP contribution is -2.16. The highest BCUT2D eigenvalue weighted by Crippen LogP contribution is 2.44. The minimum absolute atomic E-state index is 0.227. The fourth-order valence-corrected chi connectivity index (χ4v) is 6.88. The quantitative estimate of drug-likeness (QED) is 0.188. The topological polar surface area (TPSA) is 36.7 Å². The first-order valence-corrected chi connectivity index (χ1v) is 16.3. The summed E-state index contributed by atoms with van der Waals surface area (Å²) in [7, 11) is 0. The second-order valence-electron chi connectivity index (χ2n) is 12.3. The maximum atomic E-state index is 9.34. The fourth-order valence-electron chi connectivity index (χ4n) is 6.88. The molecule has 0 bridgehead atoms. The summed E-state index contributed by atoms with van der Waals surface area (Å²) in [4.78, 5) is 5.18. The zero-order valence-electron chi connectivity index (χ0n) is 26.4. The molecule has 0 fully saturated rings. The van der Waals surface area contributed by atoms with Crippen molar-refractivity contribution >= 4 is 5.57 Å². The van der Waals surface area contributed by atoms with Crippen LogP contribution in [-0.4, -0.2) is 4.98 Å². The first-order chi connectivity index (χ1) is 23.7. The van der Waals surface area contributed by atoms with Gasteiger partial charge in [0.1, 0.15) is 0 Å². The molecule has 0 spiro atoms. The van der Waals surface area contributed by atoms with E-state index in [1.165, 1.54) is 27.8 Å². The highest BCUT2D eigenvalue weighted by molar-refractivity contribution is 5.84. The van der Waals surface area contributed by atoms with Gasteiger partial charge in [-0.1, -0.05) is 152 Å². The molecular formula is C46H32N2. The molecular weight excluding hydrogens is 581 g/mol. The number of benzene rings is 5. The van der Waals surface area contributed by atoms with Crippen LogP contribution in [0.4, 0.5) is 0 Å². The van der Waals surface area contributed by atoms with Crippen LogP contribution in [0.3, 0.4) is 0 Å². The molecule has 0 N–H and O–H groups in total. The number of aromatic nitrogens is 1. The van der Waals surface area contributed by atoms with Crippen molar-refractivity contribution in [2.75, 3.05) is 0 Å². The molecule has 0 amide bonds. The maximum Gasteiger partial charge on any atom is 0.0991 e. The number of nitriles is 1. The van der Waals surface area contributed by atoms with Crippen LogP contribution in [0.15, 0.2) is 188 Å². The Morgan fingerprint density at radius 1 is 0.458 bits per heavy atom. The molecule has 0 aliphatic heterocycles. The van der Waals surface area contributed by atoms with Gasteiger partial charge in [0.15, 0.2) is 0 Å². The summed E-state index contributed by atoms with van der Waals surface area (Å²) in [5.41, 5.74) is 14.3. The standard InChI is InChI=1S/C46H32N2/c47-31-32-11-9-16-37(27-32)34-21-23-35(24-22-34)41-25-26-42(44-20-8-7-19-43(41)44)38-17-10-18-39(28-38)46-30-40(33-12-3-1-4-13-33)29-45(48-46)36-14-5-2-6-15-36/h1-30,41,43H. The summed E-state index contributed by atoms with van der Waals surface area (Å²) in [5.74, 6) is 0.459. The van der Waals surface area contributed by atoms with Crippen molar-refractivity contribution in [3.8, 4) is 50.8 Å². The highest BCUT2D eigenvalue weighted by Gasteiger charge is 2.28. The van der Waals surface area contributed by atoms with Crippen molar-refractivity contribution in [3.63, 3.8) is 0 Å². The number of nitrogens with zero attached hydrogens (tertiary/aromatic N) is 2. The molecule has 226 valence electrons. The third-order valence-corrected chi connectivity index (χ3v) is 9.32. The molecule has 2 unspecified atom stereocenters. The summed E-state index contributed by atoms with van der Waals surface area (Å²) >= 11 is 0. The number of hydrogen-bond donors (Lipinski definition) is 0. The Balaban J connectivity index is 1.14. The minimum Gasteiger partial charge on any atom is -0.248 e. The average Bonchev–Trinajstić information content (AvgIpc) is 3.18. The normalized spacial score (nSPS) is 16.4. The van der Waals surface area contributed by atoms with Gasteiger partial charge in [0.25, 0.3) is 0 Å². The Labute approximate surface area is 282 Å². The molecule has 0 saturated carbocycles. The van der Waals surface area contributed by atoms with E-state index in [0.717, 1.165) is 39.2 Å². The Morgan fingerprint density at radius 2 is 1.10 bits per heavy atom. The minimum atomic E-state index is 0.227. The number of fused-ring (bicyclic) bond motifs is 1. The second-order valence-corrected chi connectivity index (χ2v) is 12.3.